The van der Waals surface area contributed by atoms with E-state index in [1.807, 2.05) is 78.9 Å². The number of carbonyl (C=O) groups excluding carboxylic acids is 2. The Morgan fingerprint density at radius 2 is 1.56 bits per heavy atom. The first-order chi connectivity index (χ1) is 26.4. The van der Waals surface area contributed by atoms with Gasteiger partial charge < -0.3 is 25.1 Å². The molecule has 13 heteroatoms. The molecule has 4 aromatic carbocycles. The Morgan fingerprint density at radius 3 is 2.22 bits per heavy atom. The van der Waals surface area contributed by atoms with E-state index in [2.05, 4.69) is 23.2 Å². The van der Waals surface area contributed by atoms with Crippen molar-refractivity contribution in [3.63, 3.8) is 0 Å². The Bertz CT molecular complexity index is 1890. The topological polar surface area (TPSA) is 140 Å². The third-order valence-electron chi connectivity index (χ3n) is 9.59. The van der Waals surface area contributed by atoms with Gasteiger partial charge in [0.1, 0.15) is 19.3 Å². The average molecular weight is 762 g/mol. The van der Waals surface area contributed by atoms with Crippen LogP contribution in [0.25, 0.3) is 0 Å². The van der Waals surface area contributed by atoms with Gasteiger partial charge in [0.2, 0.25) is 0 Å². The highest BCUT2D eigenvalue weighted by atomic mass is 19.4. The van der Waals surface area contributed by atoms with Gasteiger partial charge in [-0.05, 0) is 98.0 Å². The Morgan fingerprint density at radius 1 is 0.909 bits per heavy atom. The number of carbonyl (C=O) groups is 3. The van der Waals surface area contributed by atoms with Gasteiger partial charge in [-0.1, -0.05) is 85.8 Å². The van der Waals surface area contributed by atoms with Gasteiger partial charge in [0.25, 0.3) is 0 Å². The molecule has 1 aliphatic heterocycles. The first kappa shape index (κ1) is 40.8. The summed E-state index contributed by atoms with van der Waals surface area (Å²) in [4.78, 5) is 37.6. The number of carboxylic acids is 1. The van der Waals surface area contributed by atoms with E-state index in [1.54, 1.807) is 12.1 Å². The van der Waals surface area contributed by atoms with Crippen LogP contribution in [0.5, 0.6) is 11.5 Å². The zero-order chi connectivity index (χ0) is 39.4. The summed E-state index contributed by atoms with van der Waals surface area (Å²) in [6.45, 7) is 5.03. The average Bonchev–Trinajstić information content (AvgIpc) is 3.17. The van der Waals surface area contributed by atoms with Gasteiger partial charge in [-0.3, -0.25) is 15.0 Å². The zero-order valence-electron chi connectivity index (χ0n) is 30.6. The number of hydrogen-bond acceptors (Lipinski definition) is 8. The summed E-state index contributed by atoms with van der Waals surface area (Å²) in [5.74, 6) is -1.68. The second kappa shape index (κ2) is 19.3. The van der Waals surface area contributed by atoms with Crippen LogP contribution >= 0.6 is 0 Å². The number of halogens is 3. The highest BCUT2D eigenvalue weighted by Gasteiger charge is 2.39. The van der Waals surface area contributed by atoms with Crippen molar-refractivity contribution in [2.24, 2.45) is 11.7 Å². The molecule has 10 nitrogen and oxygen atoms in total. The van der Waals surface area contributed by atoms with E-state index in [4.69, 9.17) is 29.8 Å². The number of anilines is 1. The van der Waals surface area contributed by atoms with Crippen LogP contribution in [-0.2, 0) is 46.8 Å². The van der Waals surface area contributed by atoms with Crippen LogP contribution in [0.2, 0.25) is 0 Å². The molecule has 0 bridgehead atoms. The summed E-state index contributed by atoms with van der Waals surface area (Å²) < 4.78 is 49.6. The van der Waals surface area contributed by atoms with Crippen molar-refractivity contribution in [1.82, 2.24) is 4.90 Å². The van der Waals surface area contributed by atoms with Crippen LogP contribution in [0, 0.1) is 5.92 Å². The molecular weight excluding hydrogens is 715 g/mol. The monoisotopic (exact) mass is 761 g/mol. The molecule has 0 aromatic heterocycles. The number of nitrogens with one attached hydrogen (secondary N) is 1. The molecule has 1 heterocycles. The number of hydrogen-bond donors (Lipinski definition) is 3. The number of esters is 1. The highest BCUT2D eigenvalue weighted by Crippen LogP contribution is 2.43. The molecule has 1 aliphatic carbocycles. The molecule has 0 spiro atoms. The van der Waals surface area contributed by atoms with E-state index < -0.39 is 30.2 Å². The summed E-state index contributed by atoms with van der Waals surface area (Å²) in [6, 6.07) is 30.5. The lowest BCUT2D eigenvalue weighted by Gasteiger charge is -2.45. The fourth-order valence-corrected chi connectivity index (χ4v) is 7.01. The van der Waals surface area contributed by atoms with Gasteiger partial charge in [0, 0.05) is 17.3 Å². The Hall–Kier alpha value is -5.40. The lowest BCUT2D eigenvalue weighted by molar-refractivity contribution is -0.192. The molecule has 4 N–H and O–H groups in total. The lowest BCUT2D eigenvalue weighted by Crippen LogP contribution is -2.49. The SMILES string of the molecule is CCCN1CCC[C@@H]2Cc3c(ccc(OCc4ccccc4)c3OC(=O)Nc3cccc(C[C@H](N)C(=O)OCc4ccccc4)c3)C[C@H]21.O=C(O)C(F)(F)F. The van der Waals surface area contributed by atoms with Gasteiger partial charge in [-0.15, -0.1) is 0 Å². The molecule has 4 aromatic rings. The molecular formula is C42H46F3N3O7. The molecule has 0 radical (unpaired) electrons. The summed E-state index contributed by atoms with van der Waals surface area (Å²) in [7, 11) is 0. The minimum Gasteiger partial charge on any atom is -0.485 e. The van der Waals surface area contributed by atoms with Crippen molar-refractivity contribution >= 4 is 23.7 Å². The van der Waals surface area contributed by atoms with Crippen molar-refractivity contribution in [2.45, 2.75) is 76.9 Å². The van der Waals surface area contributed by atoms with E-state index in [0.29, 0.717) is 35.8 Å². The second-order valence-electron chi connectivity index (χ2n) is 13.6. The van der Waals surface area contributed by atoms with Crippen molar-refractivity contribution < 1.29 is 46.9 Å². The zero-order valence-corrected chi connectivity index (χ0v) is 30.6. The molecule has 1 fully saturated rings. The van der Waals surface area contributed by atoms with E-state index in [9.17, 15) is 22.8 Å². The number of piperidine rings is 1. The molecule has 55 heavy (non-hydrogen) atoms. The number of amides is 1. The first-order valence-corrected chi connectivity index (χ1v) is 18.3. The van der Waals surface area contributed by atoms with Crippen LogP contribution in [0.3, 0.4) is 0 Å². The third kappa shape index (κ3) is 11.8. The van der Waals surface area contributed by atoms with Crippen molar-refractivity contribution in [3.05, 3.63) is 125 Å². The van der Waals surface area contributed by atoms with E-state index in [1.165, 1.54) is 18.4 Å². The van der Waals surface area contributed by atoms with Crippen molar-refractivity contribution in [3.8, 4) is 11.5 Å². The van der Waals surface area contributed by atoms with Gasteiger partial charge >= 0.3 is 24.2 Å². The lowest BCUT2D eigenvalue weighted by atomic mass is 9.75. The van der Waals surface area contributed by atoms with E-state index in [-0.39, 0.29) is 13.0 Å². The standard InChI is InChI=1S/C40H45N3O5.C2HF3O2/c1-2-20-43-21-10-16-32-24-34-31(25-36(32)43)18-19-37(46-26-28-11-5-3-6-12-28)38(34)48-40(45)42-33-17-9-15-30(22-33)23-35(41)39(44)47-27-29-13-7-4-8-14-29;3-2(4,5)1(6)7/h3-9,11-15,17-19,22,32,35-36H,2,10,16,20-21,23-27,41H2,1H3,(H,42,45);(H,6,7)/t32-,35+,36-;/m1./s1. The Kier molecular flexibility index (Phi) is 14.3. The molecule has 6 rings (SSSR count). The quantitative estimate of drug-likeness (QED) is 0.124. The molecule has 2 aliphatic rings. The van der Waals surface area contributed by atoms with Crippen molar-refractivity contribution in [1.29, 1.82) is 0 Å². The molecule has 292 valence electrons. The van der Waals surface area contributed by atoms with Crippen LogP contribution in [-0.4, -0.2) is 59.4 Å². The largest absolute Gasteiger partial charge is 0.490 e. The van der Waals surface area contributed by atoms with Gasteiger partial charge in [-0.2, -0.15) is 13.2 Å². The second-order valence-corrected chi connectivity index (χ2v) is 13.6. The molecule has 0 saturated carbocycles. The predicted octanol–water partition coefficient (Wildman–Crippen LogP) is 7.71. The van der Waals surface area contributed by atoms with Gasteiger partial charge in [0.05, 0.1) is 0 Å². The van der Waals surface area contributed by atoms with Crippen LogP contribution in [0.4, 0.5) is 23.7 Å². The fraction of sp³-hybridized carbons (Fsp3) is 0.357. The number of rotatable bonds is 12. The first-order valence-electron chi connectivity index (χ1n) is 18.3. The Labute approximate surface area is 318 Å². The minimum atomic E-state index is -5.08. The number of carboxylic acid groups (broad SMARTS) is 1. The number of aliphatic carboxylic acids is 1. The van der Waals surface area contributed by atoms with E-state index in [0.717, 1.165) is 54.6 Å². The van der Waals surface area contributed by atoms with Crippen LogP contribution in [0.1, 0.15) is 54.0 Å². The van der Waals surface area contributed by atoms with Crippen molar-refractivity contribution in [2.75, 3.05) is 18.4 Å². The summed E-state index contributed by atoms with van der Waals surface area (Å²) in [6.07, 6.45) is -0.148. The third-order valence-corrected chi connectivity index (χ3v) is 9.59. The maximum Gasteiger partial charge on any atom is 0.490 e. The molecule has 3 atom stereocenters. The molecule has 1 saturated heterocycles. The summed E-state index contributed by atoms with van der Waals surface area (Å²) in [5, 5.41) is 10.0. The van der Waals surface area contributed by atoms with E-state index >= 15 is 0 Å². The Balaban J connectivity index is 0.000000757. The maximum absolute atomic E-state index is 13.5. The van der Waals surface area contributed by atoms with Crippen LogP contribution in [0.15, 0.2) is 97.1 Å². The number of nitrogens with two attached hydrogens (primary N) is 1. The minimum absolute atomic E-state index is 0.166. The number of benzene rings is 4. The fourth-order valence-electron chi connectivity index (χ4n) is 7.01. The summed E-state index contributed by atoms with van der Waals surface area (Å²) in [5.41, 5.74) is 11.7. The number of fused-ring (bicyclic) bond motifs is 2. The molecule has 0 unspecified atom stereocenters. The smallest absolute Gasteiger partial charge is 0.485 e. The number of nitrogens with zero attached hydrogens (tertiary/aromatic N) is 1. The maximum atomic E-state index is 13.5. The number of likely N-dealkylation sites (tertiary alicyclic amines) is 1. The summed E-state index contributed by atoms with van der Waals surface area (Å²) >= 11 is 0. The highest BCUT2D eigenvalue weighted by molar-refractivity contribution is 5.87. The number of ether oxygens (including phenoxy) is 3. The normalized spacial score (nSPS) is 17.0. The molecule has 1 amide bonds. The van der Waals surface area contributed by atoms with Crippen LogP contribution < -0.4 is 20.5 Å². The predicted molar refractivity (Wildman–Crippen MR) is 201 cm³/mol. The number of alkyl halides is 3. The van der Waals surface area contributed by atoms with Gasteiger partial charge in [-0.25, -0.2) is 9.59 Å². The van der Waals surface area contributed by atoms with Gasteiger partial charge in [0.15, 0.2) is 11.5 Å².